The summed E-state index contributed by atoms with van der Waals surface area (Å²) in [6.45, 7) is 1.47. The summed E-state index contributed by atoms with van der Waals surface area (Å²) in [5, 5.41) is 28.4. The Morgan fingerprint density at radius 1 is 1.33 bits per heavy atom. The molecule has 16 heteroatoms. The lowest BCUT2D eigenvalue weighted by Gasteiger charge is -2.49. The summed E-state index contributed by atoms with van der Waals surface area (Å²) in [6, 6.07) is 0.986. The monoisotopic (exact) mass is 548 g/mol. The summed E-state index contributed by atoms with van der Waals surface area (Å²) in [5.74, 6) is -0.813. The van der Waals surface area contributed by atoms with Crippen LogP contribution in [0, 0.1) is 6.92 Å². The number of nitrogens with one attached hydrogen (secondary N) is 1. The Morgan fingerprint density at radius 2 is 2.14 bits per heavy atom. The van der Waals surface area contributed by atoms with Crippen LogP contribution in [-0.4, -0.2) is 80.4 Å². The Labute approximate surface area is 216 Å². The number of rotatable bonds is 8. The minimum absolute atomic E-state index is 0.0154. The van der Waals surface area contributed by atoms with Gasteiger partial charge in [-0.2, -0.15) is 9.50 Å². The van der Waals surface area contributed by atoms with E-state index in [0.717, 1.165) is 0 Å². The number of amides is 2. The second kappa shape index (κ2) is 9.68. The van der Waals surface area contributed by atoms with E-state index in [1.54, 1.807) is 18.4 Å². The summed E-state index contributed by atoms with van der Waals surface area (Å²) in [5.41, 5.74) is 7.32. The molecule has 13 nitrogen and oxygen atoms in total. The molecule has 36 heavy (non-hydrogen) atoms. The maximum atomic E-state index is 12.9. The highest BCUT2D eigenvalue weighted by atomic mass is 32.2. The number of hydrogen-bond acceptors (Lipinski definition) is 12. The molecule has 1 unspecified atom stereocenters. The Morgan fingerprint density at radius 3 is 2.83 bits per heavy atom. The van der Waals surface area contributed by atoms with E-state index >= 15 is 0 Å². The summed E-state index contributed by atoms with van der Waals surface area (Å²) in [4.78, 5) is 51.2. The number of aliphatic hydroxyl groups is 1. The van der Waals surface area contributed by atoms with Gasteiger partial charge in [-0.3, -0.25) is 14.5 Å². The van der Waals surface area contributed by atoms with Gasteiger partial charge in [0.1, 0.15) is 28.7 Å². The van der Waals surface area contributed by atoms with Crippen molar-refractivity contribution in [3.63, 3.8) is 0 Å². The maximum absolute atomic E-state index is 12.9. The van der Waals surface area contributed by atoms with Crippen molar-refractivity contribution in [3.8, 4) is 0 Å². The molecule has 188 valence electrons. The third-order valence-electron chi connectivity index (χ3n) is 5.46. The van der Waals surface area contributed by atoms with Crippen LogP contribution in [0.25, 0.3) is 5.78 Å². The Bertz CT molecular complexity index is 1420. The molecule has 1 fully saturated rings. The molecule has 0 radical (unpaired) electrons. The topological polar surface area (TPSA) is 189 Å². The van der Waals surface area contributed by atoms with Crippen LogP contribution in [-0.2, 0) is 27.4 Å². The summed E-state index contributed by atoms with van der Waals surface area (Å²) < 4.78 is 1.50. The number of carboxylic acids is 1. The fourth-order valence-electron chi connectivity index (χ4n) is 3.91. The van der Waals surface area contributed by atoms with E-state index < -0.39 is 23.3 Å². The SMILES string of the molecule is Cc1cc(SCC2=C(C(=O)O)N3C(=O)C(NC(=O)Cc4csc(N)n4)[C@@H]3SC2)n2nc(CO)nc2n1. The van der Waals surface area contributed by atoms with Gasteiger partial charge in [0.2, 0.25) is 5.91 Å². The molecule has 5 heterocycles. The number of hydrogen-bond donors (Lipinski definition) is 4. The lowest BCUT2D eigenvalue weighted by Crippen LogP contribution is -2.70. The molecule has 2 aliphatic rings. The number of aliphatic carboxylic acids is 1. The third-order valence-corrected chi connectivity index (χ3v) is 8.61. The average Bonchev–Trinajstić information content (AvgIpc) is 3.45. The van der Waals surface area contributed by atoms with Crippen LogP contribution in [0.4, 0.5) is 5.13 Å². The molecule has 2 atom stereocenters. The van der Waals surface area contributed by atoms with Crippen molar-refractivity contribution < 1.29 is 24.6 Å². The van der Waals surface area contributed by atoms with E-state index in [4.69, 9.17) is 5.73 Å². The third kappa shape index (κ3) is 4.52. The van der Waals surface area contributed by atoms with E-state index in [1.165, 1.54) is 44.3 Å². The fraction of sp³-hybridized carbons (Fsp3) is 0.350. The molecule has 5 N–H and O–H groups in total. The van der Waals surface area contributed by atoms with Gasteiger partial charge in [0.25, 0.3) is 11.7 Å². The molecule has 0 aromatic carbocycles. The average molecular weight is 549 g/mol. The van der Waals surface area contributed by atoms with Crippen LogP contribution < -0.4 is 11.1 Å². The van der Waals surface area contributed by atoms with Crippen molar-refractivity contribution in [2.45, 2.75) is 36.4 Å². The van der Waals surface area contributed by atoms with Crippen molar-refractivity contribution >= 4 is 63.6 Å². The molecule has 5 rings (SSSR count). The molecular formula is C20H20N8O5S3. The largest absolute Gasteiger partial charge is 0.477 e. The molecular weight excluding hydrogens is 528 g/mol. The highest BCUT2D eigenvalue weighted by molar-refractivity contribution is 8.01. The molecule has 3 aromatic heterocycles. The second-order valence-electron chi connectivity index (χ2n) is 7.99. The minimum atomic E-state index is -1.20. The number of β-lactam (4-membered cyclic amide) rings is 1. The highest BCUT2D eigenvalue weighted by Gasteiger charge is 2.54. The molecule has 0 bridgehead atoms. The zero-order valence-electron chi connectivity index (χ0n) is 18.7. The van der Waals surface area contributed by atoms with Gasteiger partial charge in [-0.1, -0.05) is 0 Å². The van der Waals surface area contributed by atoms with Crippen LogP contribution in [0.2, 0.25) is 0 Å². The van der Waals surface area contributed by atoms with E-state index in [2.05, 4.69) is 25.4 Å². The van der Waals surface area contributed by atoms with Crippen molar-refractivity contribution in [2.24, 2.45) is 0 Å². The molecule has 2 amide bonds. The number of aliphatic hydroxyl groups excluding tert-OH is 1. The lowest BCUT2D eigenvalue weighted by molar-refractivity contribution is -0.150. The van der Waals surface area contributed by atoms with E-state index in [-0.39, 0.29) is 30.5 Å². The number of thiazole rings is 1. The number of carbonyl (C=O) groups is 3. The van der Waals surface area contributed by atoms with Crippen molar-refractivity contribution in [1.82, 2.24) is 34.8 Å². The normalized spacial score (nSPS) is 19.4. The summed E-state index contributed by atoms with van der Waals surface area (Å²) in [6.07, 6.45) is -0.0154. The molecule has 2 aliphatic heterocycles. The first kappa shape index (κ1) is 24.5. The molecule has 0 spiro atoms. The fourth-order valence-corrected chi connectivity index (χ4v) is 7.01. The van der Waals surface area contributed by atoms with Gasteiger partial charge in [0.05, 0.1) is 12.1 Å². The van der Waals surface area contributed by atoms with E-state index in [1.807, 2.05) is 0 Å². The van der Waals surface area contributed by atoms with Crippen molar-refractivity contribution in [2.75, 3.05) is 17.2 Å². The van der Waals surface area contributed by atoms with Gasteiger partial charge in [0.15, 0.2) is 11.0 Å². The zero-order valence-corrected chi connectivity index (χ0v) is 21.2. The maximum Gasteiger partial charge on any atom is 0.352 e. The Hall–Kier alpha value is -3.21. The van der Waals surface area contributed by atoms with Gasteiger partial charge in [-0.25, -0.2) is 14.8 Å². The first-order valence-electron chi connectivity index (χ1n) is 10.6. The second-order valence-corrected chi connectivity index (χ2v) is 11.0. The van der Waals surface area contributed by atoms with Crippen molar-refractivity contribution in [1.29, 1.82) is 0 Å². The summed E-state index contributed by atoms with van der Waals surface area (Å²) in [7, 11) is 0. The zero-order chi connectivity index (χ0) is 25.6. The van der Waals surface area contributed by atoms with Gasteiger partial charge in [0, 0.05) is 22.6 Å². The quantitative estimate of drug-likeness (QED) is 0.168. The highest BCUT2D eigenvalue weighted by Crippen LogP contribution is 2.41. The first-order valence-corrected chi connectivity index (χ1v) is 13.5. The van der Waals surface area contributed by atoms with Gasteiger partial charge in [-0.05, 0) is 18.6 Å². The number of nitrogen functional groups attached to an aromatic ring is 1. The predicted octanol–water partition coefficient (Wildman–Crippen LogP) is 0.0371. The molecule has 0 saturated carbocycles. The van der Waals surface area contributed by atoms with E-state index in [0.29, 0.717) is 44.4 Å². The van der Waals surface area contributed by atoms with Crippen LogP contribution in [0.15, 0.2) is 27.7 Å². The number of aryl methyl sites for hydroxylation is 1. The number of nitrogens with zero attached hydrogens (tertiary/aromatic N) is 6. The smallest absolute Gasteiger partial charge is 0.352 e. The van der Waals surface area contributed by atoms with Gasteiger partial charge < -0.3 is 21.3 Å². The standard InChI is InChI=1S/C20H20N8O5S3/c1-8-2-13(28-20(22-8)24-11(4-29)26-28)34-5-9-6-35-17-14(16(31)27(17)15(9)18(32)33)25-12(30)3-10-7-36-19(21)23-10/h2,7,14,17,29H,3-6H2,1H3,(H2,21,23)(H,25,30)(H,32,33)/t14?,17-/m0/s1. The Balaban J connectivity index is 1.31. The number of carboxylic acid groups (broad SMARTS) is 1. The molecule has 3 aromatic rings. The first-order chi connectivity index (χ1) is 17.2. The van der Waals surface area contributed by atoms with Gasteiger partial charge >= 0.3 is 5.97 Å². The van der Waals surface area contributed by atoms with Crippen LogP contribution >= 0.6 is 34.9 Å². The number of thioether (sulfide) groups is 2. The number of aromatic nitrogens is 5. The van der Waals surface area contributed by atoms with Crippen LogP contribution in [0.3, 0.4) is 0 Å². The van der Waals surface area contributed by atoms with Gasteiger partial charge in [-0.15, -0.1) is 40.0 Å². The number of fused-ring (bicyclic) bond motifs is 2. The minimum Gasteiger partial charge on any atom is -0.477 e. The van der Waals surface area contributed by atoms with Crippen LogP contribution in [0.1, 0.15) is 17.2 Å². The molecule has 1 saturated heterocycles. The number of carbonyl (C=O) groups excluding carboxylic acids is 2. The number of nitrogens with two attached hydrogens (primary N) is 1. The number of anilines is 1. The molecule has 0 aliphatic carbocycles. The lowest BCUT2D eigenvalue weighted by atomic mass is 10.0. The predicted molar refractivity (Wildman–Crippen MR) is 132 cm³/mol. The summed E-state index contributed by atoms with van der Waals surface area (Å²) >= 11 is 3.96. The van der Waals surface area contributed by atoms with Crippen LogP contribution in [0.5, 0.6) is 0 Å². The Kier molecular flexibility index (Phi) is 6.59. The van der Waals surface area contributed by atoms with E-state index in [9.17, 15) is 24.6 Å². The van der Waals surface area contributed by atoms with Crippen molar-refractivity contribution in [3.05, 3.63) is 39.9 Å².